The van der Waals surface area contributed by atoms with Crippen LogP contribution >= 0.6 is 11.6 Å². The van der Waals surface area contributed by atoms with Gasteiger partial charge in [0.05, 0.1) is 11.1 Å². The van der Waals surface area contributed by atoms with Crippen molar-refractivity contribution in [3.8, 4) is 16.9 Å². The average molecular weight is 293 g/mol. The Kier molecular flexibility index (Phi) is 4.40. The minimum atomic E-state index is -0.511. The van der Waals surface area contributed by atoms with E-state index in [4.69, 9.17) is 16.3 Å². The zero-order chi connectivity index (χ0) is 14.7. The molecule has 0 fully saturated rings. The lowest BCUT2D eigenvalue weighted by atomic mass is 10.00. The van der Waals surface area contributed by atoms with E-state index in [1.165, 1.54) is 12.1 Å². The molecule has 20 heavy (non-hydrogen) atoms. The molecular weight excluding hydrogens is 279 g/mol. The monoisotopic (exact) mass is 292 g/mol. The molecule has 0 atom stereocenters. The first kappa shape index (κ1) is 14.5. The van der Waals surface area contributed by atoms with Crippen molar-refractivity contribution in [1.82, 2.24) is 0 Å². The van der Waals surface area contributed by atoms with Crippen LogP contribution in [-0.4, -0.2) is 12.4 Å². The van der Waals surface area contributed by atoms with Crippen molar-refractivity contribution in [2.45, 2.75) is 20.0 Å². The third kappa shape index (κ3) is 3.17. The molecule has 2 aromatic carbocycles. The number of hydrogen-bond acceptors (Lipinski definition) is 2. The Morgan fingerprint density at radius 1 is 1.20 bits per heavy atom. The van der Waals surface area contributed by atoms with Crippen LogP contribution in [0.5, 0.6) is 5.75 Å². The molecule has 0 aromatic heterocycles. The third-order valence-electron chi connectivity index (χ3n) is 2.75. The van der Waals surface area contributed by atoms with Crippen molar-refractivity contribution in [2.24, 2.45) is 0 Å². The second-order valence-electron chi connectivity index (χ2n) is 4.66. The van der Waals surface area contributed by atoms with Crippen molar-refractivity contribution >= 4 is 17.9 Å². The molecule has 0 aliphatic rings. The summed E-state index contributed by atoms with van der Waals surface area (Å²) >= 11 is 5.66. The minimum absolute atomic E-state index is 0.0216. The van der Waals surface area contributed by atoms with E-state index in [2.05, 4.69) is 0 Å². The highest BCUT2D eigenvalue weighted by Gasteiger charge is 2.09. The molecule has 0 heterocycles. The number of rotatable bonds is 4. The van der Waals surface area contributed by atoms with Crippen LogP contribution in [0.1, 0.15) is 24.2 Å². The molecule has 0 N–H and O–H groups in total. The lowest BCUT2D eigenvalue weighted by Crippen LogP contribution is -2.05. The summed E-state index contributed by atoms with van der Waals surface area (Å²) in [5.74, 6) is 0.101. The number of benzene rings is 2. The van der Waals surface area contributed by atoms with Crippen LogP contribution in [0, 0.1) is 5.82 Å². The topological polar surface area (TPSA) is 26.3 Å². The zero-order valence-corrected chi connectivity index (χ0v) is 11.9. The van der Waals surface area contributed by atoms with Crippen LogP contribution in [0.3, 0.4) is 0 Å². The fraction of sp³-hybridized carbons (Fsp3) is 0.188. The Morgan fingerprint density at radius 2 is 1.95 bits per heavy atom. The van der Waals surface area contributed by atoms with Gasteiger partial charge in [-0.05, 0) is 55.3 Å². The van der Waals surface area contributed by atoms with Crippen LogP contribution in [0.25, 0.3) is 11.1 Å². The molecule has 2 rings (SSSR count). The Hall–Kier alpha value is -1.87. The number of hydrogen-bond donors (Lipinski definition) is 0. The highest BCUT2D eigenvalue weighted by Crippen LogP contribution is 2.29. The Balaban J connectivity index is 2.45. The van der Waals surface area contributed by atoms with Crippen LogP contribution in [0.4, 0.5) is 4.39 Å². The molecule has 0 unspecified atom stereocenters. The molecular formula is C16H14ClFO2. The maximum atomic E-state index is 13.5. The van der Waals surface area contributed by atoms with Crippen molar-refractivity contribution in [3.05, 3.63) is 52.8 Å². The van der Waals surface area contributed by atoms with Gasteiger partial charge in [0.15, 0.2) is 6.29 Å². The Labute approximate surface area is 122 Å². The summed E-state index contributed by atoms with van der Waals surface area (Å²) in [5, 5.41) is 0.0566. The van der Waals surface area contributed by atoms with E-state index in [0.717, 1.165) is 6.29 Å². The highest BCUT2D eigenvalue weighted by molar-refractivity contribution is 6.30. The molecule has 0 amide bonds. The van der Waals surface area contributed by atoms with Crippen molar-refractivity contribution in [3.63, 3.8) is 0 Å². The number of aldehydes is 1. The summed E-state index contributed by atoms with van der Waals surface area (Å²) in [6.45, 7) is 3.81. The molecule has 0 aliphatic heterocycles. The van der Waals surface area contributed by atoms with E-state index < -0.39 is 5.82 Å². The van der Waals surface area contributed by atoms with Gasteiger partial charge in [-0.15, -0.1) is 0 Å². The van der Waals surface area contributed by atoms with Gasteiger partial charge in [0.2, 0.25) is 0 Å². The normalized spacial score (nSPS) is 10.7. The number of carbonyl (C=O) groups is 1. The van der Waals surface area contributed by atoms with Crippen molar-refractivity contribution in [1.29, 1.82) is 0 Å². The predicted molar refractivity (Wildman–Crippen MR) is 78.0 cm³/mol. The van der Waals surface area contributed by atoms with Crippen LogP contribution in [0.2, 0.25) is 5.02 Å². The zero-order valence-electron chi connectivity index (χ0n) is 11.2. The van der Waals surface area contributed by atoms with Crippen LogP contribution in [-0.2, 0) is 0 Å². The fourth-order valence-electron chi connectivity index (χ4n) is 1.91. The largest absolute Gasteiger partial charge is 0.491 e. The second-order valence-corrected chi connectivity index (χ2v) is 5.07. The van der Waals surface area contributed by atoms with Gasteiger partial charge in [-0.25, -0.2) is 4.39 Å². The third-order valence-corrected chi connectivity index (χ3v) is 3.06. The summed E-state index contributed by atoms with van der Waals surface area (Å²) in [7, 11) is 0. The first-order chi connectivity index (χ1) is 9.51. The Bertz CT molecular complexity index is 638. The number of carbonyl (C=O) groups excluding carboxylic acids is 1. The fourth-order valence-corrected chi connectivity index (χ4v) is 2.03. The lowest BCUT2D eigenvalue weighted by Gasteiger charge is -2.12. The molecule has 4 heteroatoms. The van der Waals surface area contributed by atoms with Gasteiger partial charge in [0.1, 0.15) is 11.6 Å². The van der Waals surface area contributed by atoms with E-state index in [9.17, 15) is 9.18 Å². The van der Waals surface area contributed by atoms with Gasteiger partial charge in [-0.2, -0.15) is 0 Å². The van der Waals surface area contributed by atoms with Gasteiger partial charge in [-0.3, -0.25) is 4.79 Å². The molecule has 2 aromatic rings. The van der Waals surface area contributed by atoms with E-state index in [1.54, 1.807) is 24.3 Å². The molecule has 0 bridgehead atoms. The van der Waals surface area contributed by atoms with Crippen molar-refractivity contribution < 1.29 is 13.9 Å². The molecule has 104 valence electrons. The van der Waals surface area contributed by atoms with E-state index >= 15 is 0 Å². The van der Waals surface area contributed by atoms with Gasteiger partial charge >= 0.3 is 0 Å². The van der Waals surface area contributed by atoms with Crippen LogP contribution in [0.15, 0.2) is 36.4 Å². The Morgan fingerprint density at radius 3 is 2.55 bits per heavy atom. The molecule has 2 nitrogen and oxygen atoms in total. The quantitative estimate of drug-likeness (QED) is 0.760. The number of ether oxygens (including phenoxy) is 1. The van der Waals surface area contributed by atoms with E-state index in [-0.39, 0.29) is 11.1 Å². The average Bonchev–Trinajstić information content (AvgIpc) is 2.41. The minimum Gasteiger partial charge on any atom is -0.491 e. The summed E-state index contributed by atoms with van der Waals surface area (Å²) < 4.78 is 19.0. The second kappa shape index (κ2) is 6.06. The smallest absolute Gasteiger partial charge is 0.150 e. The summed E-state index contributed by atoms with van der Waals surface area (Å²) in [5.41, 5.74) is 1.70. The summed E-state index contributed by atoms with van der Waals surface area (Å²) in [6, 6.07) is 9.61. The molecule has 0 aliphatic carbocycles. The lowest BCUT2D eigenvalue weighted by molar-refractivity contribution is 0.112. The standard InChI is InChI=1S/C16H14ClFO2/c1-10(2)20-13-4-5-14(12(7-13)9-19)11-3-6-15(17)16(18)8-11/h3-10H,1-2H3. The maximum Gasteiger partial charge on any atom is 0.150 e. The van der Waals surface area contributed by atoms with Crippen molar-refractivity contribution in [2.75, 3.05) is 0 Å². The SMILES string of the molecule is CC(C)Oc1ccc(-c2ccc(Cl)c(F)c2)c(C=O)c1. The molecule has 0 saturated carbocycles. The molecule has 0 radical (unpaired) electrons. The van der Waals surface area contributed by atoms with Crippen LogP contribution < -0.4 is 4.74 Å². The highest BCUT2D eigenvalue weighted by atomic mass is 35.5. The van der Waals surface area contributed by atoms with Gasteiger partial charge in [-0.1, -0.05) is 17.7 Å². The molecule has 0 saturated heterocycles. The van der Waals surface area contributed by atoms with Gasteiger partial charge in [0, 0.05) is 5.56 Å². The maximum absolute atomic E-state index is 13.5. The summed E-state index contributed by atoms with van der Waals surface area (Å²) in [4.78, 5) is 11.2. The van der Waals surface area contributed by atoms with Gasteiger partial charge < -0.3 is 4.74 Å². The summed E-state index contributed by atoms with van der Waals surface area (Å²) in [6.07, 6.45) is 0.753. The van der Waals surface area contributed by atoms with Gasteiger partial charge in [0.25, 0.3) is 0 Å². The number of halogens is 2. The first-order valence-corrected chi connectivity index (χ1v) is 6.60. The van der Waals surface area contributed by atoms with E-state index in [1.807, 2.05) is 13.8 Å². The van der Waals surface area contributed by atoms with E-state index in [0.29, 0.717) is 22.4 Å². The first-order valence-electron chi connectivity index (χ1n) is 6.22. The predicted octanol–water partition coefficient (Wildman–Crippen LogP) is 4.75. The molecule has 0 spiro atoms.